The first-order valence-electron chi connectivity index (χ1n) is 11.2. The van der Waals surface area contributed by atoms with E-state index in [1.54, 1.807) is 4.90 Å². The summed E-state index contributed by atoms with van der Waals surface area (Å²) in [7, 11) is 0. The minimum absolute atomic E-state index is 0.246. The van der Waals surface area contributed by atoms with Gasteiger partial charge in [0.25, 0.3) is 0 Å². The number of aryl methyl sites for hydroxylation is 3. The van der Waals surface area contributed by atoms with Crippen LogP contribution in [0.25, 0.3) is 5.57 Å². The number of nitrogens with one attached hydrogen (secondary N) is 1. The highest BCUT2D eigenvalue weighted by Gasteiger charge is 2.26. The molecule has 2 aliphatic rings. The van der Waals surface area contributed by atoms with E-state index in [2.05, 4.69) is 55.6 Å². The van der Waals surface area contributed by atoms with Gasteiger partial charge >= 0.3 is 6.09 Å². The normalized spacial score (nSPS) is 18.4. The third kappa shape index (κ3) is 4.76. The molecule has 0 saturated heterocycles. The van der Waals surface area contributed by atoms with Crippen LogP contribution in [0, 0.1) is 13.8 Å². The van der Waals surface area contributed by atoms with Crippen molar-refractivity contribution < 1.29 is 9.53 Å². The Hall–Kier alpha value is -2.82. The van der Waals surface area contributed by atoms with E-state index in [4.69, 9.17) is 9.72 Å². The number of fused-ring (bicyclic) bond motifs is 1. The molecule has 0 spiro atoms. The molecule has 164 valence electrons. The first-order valence-corrected chi connectivity index (χ1v) is 11.2. The van der Waals surface area contributed by atoms with Gasteiger partial charge in [0, 0.05) is 18.8 Å². The van der Waals surface area contributed by atoms with Crippen LogP contribution in [-0.2, 0) is 11.2 Å². The van der Waals surface area contributed by atoms with Gasteiger partial charge in [0.05, 0.1) is 6.04 Å². The smallest absolute Gasteiger partial charge is 0.410 e. The van der Waals surface area contributed by atoms with Gasteiger partial charge in [0.2, 0.25) is 0 Å². The van der Waals surface area contributed by atoms with E-state index in [0.717, 1.165) is 36.3 Å². The van der Waals surface area contributed by atoms with Crippen molar-refractivity contribution in [2.45, 2.75) is 65.5 Å². The molecule has 1 N–H and O–H groups in total. The van der Waals surface area contributed by atoms with Crippen molar-refractivity contribution in [3.05, 3.63) is 64.4 Å². The number of hydrogen-bond donors (Lipinski definition) is 1. The second-order valence-corrected chi connectivity index (χ2v) is 9.62. The lowest BCUT2D eigenvalue weighted by atomic mass is 9.98. The Kier molecular flexibility index (Phi) is 5.78. The quantitative estimate of drug-likeness (QED) is 0.681. The zero-order chi connectivity index (χ0) is 22.2. The van der Waals surface area contributed by atoms with Gasteiger partial charge in [0.1, 0.15) is 11.4 Å². The van der Waals surface area contributed by atoms with Gasteiger partial charge in [-0.05, 0) is 93.8 Å². The number of nitrogens with zero attached hydrogens (tertiary/aromatic N) is 2. The molecule has 1 aliphatic carbocycles. The van der Waals surface area contributed by atoms with E-state index >= 15 is 0 Å². The Morgan fingerprint density at radius 2 is 1.97 bits per heavy atom. The number of hydrogen-bond acceptors (Lipinski definition) is 4. The standard InChI is InChI=1S/C26H33N3O2/c1-17-7-6-8-20-9-11-22(24(17)20)28-23-12-10-21(18(2)27-23)19-13-15-29(16-14-19)25(30)31-26(3,4)5/h6-8,10,12-13,22H,9,11,14-16H2,1-5H3,(H,27,28). The first-order chi connectivity index (χ1) is 14.7. The second kappa shape index (κ2) is 8.37. The lowest BCUT2D eigenvalue weighted by molar-refractivity contribution is 0.0270. The molecule has 4 rings (SSSR count). The van der Waals surface area contributed by atoms with Gasteiger partial charge < -0.3 is 15.0 Å². The summed E-state index contributed by atoms with van der Waals surface area (Å²) in [6.45, 7) is 11.2. The summed E-state index contributed by atoms with van der Waals surface area (Å²) in [5.41, 5.74) is 7.20. The zero-order valence-corrected chi connectivity index (χ0v) is 19.3. The Morgan fingerprint density at radius 1 is 1.16 bits per heavy atom. The average Bonchev–Trinajstić information content (AvgIpc) is 3.11. The molecule has 5 heteroatoms. The maximum Gasteiger partial charge on any atom is 0.410 e. The number of aromatic nitrogens is 1. The number of carbonyl (C=O) groups is 1. The number of carbonyl (C=O) groups excluding carboxylic acids is 1. The lowest BCUT2D eigenvalue weighted by Gasteiger charge is -2.30. The van der Waals surface area contributed by atoms with Crippen molar-refractivity contribution in [2.24, 2.45) is 0 Å². The number of amides is 1. The number of pyridine rings is 1. The molecule has 2 heterocycles. The number of benzene rings is 1. The predicted octanol–water partition coefficient (Wildman–Crippen LogP) is 5.82. The Morgan fingerprint density at radius 3 is 2.65 bits per heavy atom. The fourth-order valence-electron chi connectivity index (χ4n) is 4.61. The van der Waals surface area contributed by atoms with E-state index in [0.29, 0.717) is 19.1 Å². The van der Waals surface area contributed by atoms with Crippen LogP contribution >= 0.6 is 0 Å². The molecule has 0 bridgehead atoms. The molecule has 1 amide bonds. The Balaban J connectivity index is 1.44. The summed E-state index contributed by atoms with van der Waals surface area (Å²) in [6, 6.07) is 11.1. The molecule has 1 aliphatic heterocycles. The summed E-state index contributed by atoms with van der Waals surface area (Å²) >= 11 is 0. The molecule has 1 aromatic heterocycles. The van der Waals surface area contributed by atoms with Crippen molar-refractivity contribution in [1.29, 1.82) is 0 Å². The van der Waals surface area contributed by atoms with Crippen molar-refractivity contribution in [1.82, 2.24) is 9.88 Å². The first kappa shape index (κ1) is 21.4. The molecule has 2 aromatic rings. The van der Waals surface area contributed by atoms with Crippen molar-refractivity contribution in [3.8, 4) is 0 Å². The third-order valence-corrected chi connectivity index (χ3v) is 6.08. The average molecular weight is 420 g/mol. The lowest BCUT2D eigenvalue weighted by Crippen LogP contribution is -2.39. The molecular weight excluding hydrogens is 386 g/mol. The second-order valence-electron chi connectivity index (χ2n) is 9.62. The minimum Gasteiger partial charge on any atom is -0.444 e. The molecule has 5 nitrogen and oxygen atoms in total. The van der Waals surface area contributed by atoms with Crippen LogP contribution in [0.15, 0.2) is 36.4 Å². The highest BCUT2D eigenvalue weighted by atomic mass is 16.6. The fraction of sp³-hybridized carbons (Fsp3) is 0.462. The number of anilines is 1. The molecule has 1 aromatic carbocycles. The van der Waals surface area contributed by atoms with Gasteiger partial charge in [-0.15, -0.1) is 0 Å². The molecule has 0 fully saturated rings. The van der Waals surface area contributed by atoms with E-state index in [1.807, 2.05) is 20.8 Å². The predicted molar refractivity (Wildman–Crippen MR) is 125 cm³/mol. The van der Waals surface area contributed by atoms with Gasteiger partial charge in [-0.1, -0.05) is 24.3 Å². The van der Waals surface area contributed by atoms with Crippen molar-refractivity contribution in [2.75, 3.05) is 18.4 Å². The fourth-order valence-corrected chi connectivity index (χ4v) is 4.61. The molecule has 31 heavy (non-hydrogen) atoms. The molecule has 1 atom stereocenters. The highest BCUT2D eigenvalue weighted by Crippen LogP contribution is 2.36. The van der Waals surface area contributed by atoms with Crippen LogP contribution in [0.1, 0.15) is 67.6 Å². The maximum atomic E-state index is 12.3. The molecular formula is C26H33N3O2. The van der Waals surface area contributed by atoms with Crippen LogP contribution in [0.4, 0.5) is 10.6 Å². The Bertz CT molecular complexity index is 1020. The van der Waals surface area contributed by atoms with E-state index < -0.39 is 5.60 Å². The van der Waals surface area contributed by atoms with Crippen LogP contribution in [-0.4, -0.2) is 34.7 Å². The highest BCUT2D eigenvalue weighted by molar-refractivity contribution is 5.73. The van der Waals surface area contributed by atoms with Crippen molar-refractivity contribution >= 4 is 17.5 Å². The largest absolute Gasteiger partial charge is 0.444 e. The minimum atomic E-state index is -0.469. The molecule has 1 unspecified atom stereocenters. The topological polar surface area (TPSA) is 54.5 Å². The number of rotatable bonds is 3. The zero-order valence-electron chi connectivity index (χ0n) is 19.3. The summed E-state index contributed by atoms with van der Waals surface area (Å²) in [5, 5.41) is 3.65. The summed E-state index contributed by atoms with van der Waals surface area (Å²) in [6.07, 6.45) is 4.91. The van der Waals surface area contributed by atoms with Gasteiger partial charge in [0.15, 0.2) is 0 Å². The van der Waals surface area contributed by atoms with Gasteiger partial charge in [-0.2, -0.15) is 0 Å². The van der Waals surface area contributed by atoms with Gasteiger partial charge in [-0.3, -0.25) is 0 Å². The molecule has 0 radical (unpaired) electrons. The van der Waals surface area contributed by atoms with E-state index in [-0.39, 0.29) is 6.09 Å². The van der Waals surface area contributed by atoms with Gasteiger partial charge in [-0.25, -0.2) is 9.78 Å². The summed E-state index contributed by atoms with van der Waals surface area (Å²) in [5.74, 6) is 0.925. The van der Waals surface area contributed by atoms with Crippen LogP contribution < -0.4 is 5.32 Å². The number of ether oxygens (including phenoxy) is 1. The van der Waals surface area contributed by atoms with Crippen LogP contribution in [0.3, 0.4) is 0 Å². The third-order valence-electron chi connectivity index (χ3n) is 6.08. The SMILES string of the molecule is Cc1cccc2c1C(Nc1ccc(C3=CCN(C(=O)OC(C)(C)C)CC3)c(C)n1)CC2. The van der Waals surface area contributed by atoms with E-state index in [9.17, 15) is 4.79 Å². The summed E-state index contributed by atoms with van der Waals surface area (Å²) < 4.78 is 5.49. The van der Waals surface area contributed by atoms with Crippen LogP contribution in [0.2, 0.25) is 0 Å². The monoisotopic (exact) mass is 419 g/mol. The summed E-state index contributed by atoms with van der Waals surface area (Å²) in [4.78, 5) is 18.9. The van der Waals surface area contributed by atoms with E-state index in [1.165, 1.54) is 22.3 Å². The van der Waals surface area contributed by atoms with Crippen molar-refractivity contribution in [3.63, 3.8) is 0 Å². The maximum absolute atomic E-state index is 12.3. The molecule has 0 saturated carbocycles. The Labute approximate surface area is 185 Å². The van der Waals surface area contributed by atoms with Crippen LogP contribution in [0.5, 0.6) is 0 Å².